The van der Waals surface area contributed by atoms with Gasteiger partial charge in [-0.2, -0.15) is 8.78 Å². The summed E-state index contributed by atoms with van der Waals surface area (Å²) in [6.07, 6.45) is 0.748. The lowest BCUT2D eigenvalue weighted by atomic mass is 10.1. The molecule has 1 aromatic heterocycles. The lowest BCUT2D eigenvalue weighted by Gasteiger charge is -2.06. The predicted octanol–water partition coefficient (Wildman–Crippen LogP) is 6.57. The number of hydrogen-bond acceptors (Lipinski definition) is 2. The van der Waals surface area contributed by atoms with E-state index in [1.807, 2.05) is 37.3 Å². The first kappa shape index (κ1) is 16.9. The highest BCUT2D eigenvalue weighted by Gasteiger charge is 2.09. The third-order valence-corrected chi connectivity index (χ3v) is 5.07. The summed E-state index contributed by atoms with van der Waals surface area (Å²) in [6.45, 7) is -0.781. The zero-order chi connectivity index (χ0) is 17.1. The molecule has 124 valence electrons. The fourth-order valence-electron chi connectivity index (χ4n) is 2.48. The van der Waals surface area contributed by atoms with Gasteiger partial charge in [0.05, 0.1) is 0 Å². The number of halogens is 3. The maximum Gasteiger partial charge on any atom is 0.387 e. The smallest absolute Gasteiger partial charge is 0.387 e. The van der Waals surface area contributed by atoms with Crippen LogP contribution in [-0.4, -0.2) is 6.61 Å². The quantitative estimate of drug-likeness (QED) is 0.497. The van der Waals surface area contributed by atoms with E-state index in [0.717, 1.165) is 32.3 Å². The van der Waals surface area contributed by atoms with E-state index in [1.54, 1.807) is 23.5 Å². The minimum absolute atomic E-state index is 0.166. The number of thiophene rings is 1. The first-order valence-corrected chi connectivity index (χ1v) is 8.60. The van der Waals surface area contributed by atoms with Crippen LogP contribution in [0.15, 0.2) is 54.6 Å². The molecule has 2 aromatic carbocycles. The number of ether oxygens (including phenoxy) is 1. The van der Waals surface area contributed by atoms with Gasteiger partial charge in [-0.05, 0) is 48.4 Å². The monoisotopic (exact) mass is 364 g/mol. The molecule has 0 atom stereocenters. The van der Waals surface area contributed by atoms with Crippen molar-refractivity contribution in [1.29, 1.82) is 0 Å². The van der Waals surface area contributed by atoms with Crippen LogP contribution in [-0.2, 0) is 6.42 Å². The summed E-state index contributed by atoms with van der Waals surface area (Å²) in [5.74, 6) is 0.166. The van der Waals surface area contributed by atoms with E-state index in [4.69, 9.17) is 11.6 Å². The van der Waals surface area contributed by atoms with E-state index in [0.29, 0.717) is 0 Å². The molecule has 0 N–H and O–H groups in total. The molecule has 3 aromatic rings. The zero-order valence-electron chi connectivity index (χ0n) is 12.9. The van der Waals surface area contributed by atoms with E-state index < -0.39 is 6.61 Å². The Morgan fingerprint density at radius 1 is 1.08 bits per heavy atom. The standard InChI is InChI=1S/C19H15ClF2OS/c1-12-5-7-17(20)14(9-12)11-16-6-8-18(24-16)13-3-2-4-15(10-13)23-19(21)22/h2-10,19H,11H2,1H3. The molecule has 0 saturated heterocycles. The van der Waals surface area contributed by atoms with Crippen LogP contribution in [0.1, 0.15) is 16.0 Å². The zero-order valence-corrected chi connectivity index (χ0v) is 14.5. The van der Waals surface area contributed by atoms with Gasteiger partial charge in [-0.15, -0.1) is 11.3 Å². The molecule has 0 fully saturated rings. The molecular formula is C19H15ClF2OS. The summed E-state index contributed by atoms with van der Waals surface area (Å²) < 4.78 is 29.1. The Labute approximate surface area is 148 Å². The van der Waals surface area contributed by atoms with Crippen molar-refractivity contribution in [3.63, 3.8) is 0 Å². The third kappa shape index (κ3) is 4.13. The van der Waals surface area contributed by atoms with Crippen molar-refractivity contribution in [1.82, 2.24) is 0 Å². The molecule has 0 bridgehead atoms. The first-order chi connectivity index (χ1) is 11.5. The molecule has 5 heteroatoms. The largest absolute Gasteiger partial charge is 0.435 e. The minimum atomic E-state index is -2.82. The normalized spacial score (nSPS) is 11.0. The van der Waals surface area contributed by atoms with E-state index >= 15 is 0 Å². The van der Waals surface area contributed by atoms with Crippen LogP contribution in [0.5, 0.6) is 5.75 Å². The van der Waals surface area contributed by atoms with Crippen molar-refractivity contribution in [3.05, 3.63) is 75.6 Å². The Kier molecular flexibility index (Phi) is 5.17. The van der Waals surface area contributed by atoms with Crippen molar-refractivity contribution in [2.45, 2.75) is 20.0 Å². The van der Waals surface area contributed by atoms with Crippen LogP contribution >= 0.6 is 22.9 Å². The summed E-state index contributed by atoms with van der Waals surface area (Å²) in [5.41, 5.74) is 3.11. The third-order valence-electron chi connectivity index (χ3n) is 3.57. The van der Waals surface area contributed by atoms with Gasteiger partial charge < -0.3 is 4.74 Å². The van der Waals surface area contributed by atoms with Crippen LogP contribution in [0.4, 0.5) is 8.78 Å². The SMILES string of the molecule is Cc1ccc(Cl)c(Cc2ccc(-c3cccc(OC(F)F)c3)s2)c1. The second kappa shape index (κ2) is 7.32. The Hall–Kier alpha value is -1.91. The van der Waals surface area contributed by atoms with Crippen molar-refractivity contribution >= 4 is 22.9 Å². The van der Waals surface area contributed by atoms with Gasteiger partial charge in [0.1, 0.15) is 5.75 Å². The Morgan fingerprint density at radius 3 is 2.71 bits per heavy atom. The van der Waals surface area contributed by atoms with Crippen molar-refractivity contribution in [3.8, 4) is 16.2 Å². The number of benzene rings is 2. The van der Waals surface area contributed by atoms with Crippen molar-refractivity contribution < 1.29 is 13.5 Å². The molecule has 1 heterocycles. The second-order valence-electron chi connectivity index (χ2n) is 5.44. The van der Waals surface area contributed by atoms with Gasteiger partial charge >= 0.3 is 6.61 Å². The van der Waals surface area contributed by atoms with E-state index in [2.05, 4.69) is 10.8 Å². The molecular weight excluding hydrogens is 350 g/mol. The first-order valence-electron chi connectivity index (χ1n) is 7.40. The average molecular weight is 365 g/mol. The van der Waals surface area contributed by atoms with Gasteiger partial charge in [0.15, 0.2) is 0 Å². The van der Waals surface area contributed by atoms with Crippen molar-refractivity contribution in [2.75, 3.05) is 0 Å². The van der Waals surface area contributed by atoms with Gasteiger partial charge in [0.2, 0.25) is 0 Å². The van der Waals surface area contributed by atoms with Gasteiger partial charge in [-0.3, -0.25) is 0 Å². The van der Waals surface area contributed by atoms with Crippen LogP contribution in [0.3, 0.4) is 0 Å². The molecule has 0 spiro atoms. The molecule has 1 nitrogen and oxygen atoms in total. The predicted molar refractivity (Wildman–Crippen MR) is 95.4 cm³/mol. The summed E-state index contributed by atoms with van der Waals surface area (Å²) in [5, 5.41) is 0.753. The molecule has 0 radical (unpaired) electrons. The molecule has 0 aliphatic heterocycles. The Morgan fingerprint density at radius 2 is 1.92 bits per heavy atom. The number of rotatable bonds is 5. The van der Waals surface area contributed by atoms with Crippen LogP contribution in [0.2, 0.25) is 5.02 Å². The van der Waals surface area contributed by atoms with Crippen LogP contribution in [0, 0.1) is 6.92 Å². The molecule has 0 unspecified atom stereocenters. The fourth-order valence-corrected chi connectivity index (χ4v) is 3.69. The van der Waals surface area contributed by atoms with Crippen LogP contribution < -0.4 is 4.74 Å². The molecule has 3 rings (SSSR count). The maximum absolute atomic E-state index is 12.3. The minimum Gasteiger partial charge on any atom is -0.435 e. The van der Waals surface area contributed by atoms with Gasteiger partial charge in [0.25, 0.3) is 0 Å². The number of aryl methyl sites for hydroxylation is 1. The summed E-state index contributed by atoms with van der Waals surface area (Å²) in [6, 6.07) is 16.8. The second-order valence-corrected chi connectivity index (χ2v) is 7.02. The lowest BCUT2D eigenvalue weighted by Crippen LogP contribution is -2.01. The van der Waals surface area contributed by atoms with Crippen molar-refractivity contribution in [2.24, 2.45) is 0 Å². The summed E-state index contributed by atoms with van der Waals surface area (Å²) in [4.78, 5) is 2.17. The molecule has 0 saturated carbocycles. The Balaban J connectivity index is 1.82. The van der Waals surface area contributed by atoms with Gasteiger partial charge in [-0.25, -0.2) is 0 Å². The lowest BCUT2D eigenvalue weighted by molar-refractivity contribution is -0.0498. The molecule has 0 aliphatic rings. The maximum atomic E-state index is 12.3. The molecule has 0 aliphatic carbocycles. The fraction of sp³-hybridized carbons (Fsp3) is 0.158. The molecule has 0 amide bonds. The number of alkyl halides is 2. The molecule has 24 heavy (non-hydrogen) atoms. The topological polar surface area (TPSA) is 9.23 Å². The number of hydrogen-bond donors (Lipinski definition) is 0. The van der Waals surface area contributed by atoms with Gasteiger partial charge in [0, 0.05) is 21.2 Å². The highest BCUT2D eigenvalue weighted by atomic mass is 35.5. The van der Waals surface area contributed by atoms with E-state index in [-0.39, 0.29) is 5.75 Å². The van der Waals surface area contributed by atoms with Crippen LogP contribution in [0.25, 0.3) is 10.4 Å². The summed E-state index contributed by atoms with van der Waals surface area (Å²) in [7, 11) is 0. The average Bonchev–Trinajstić information content (AvgIpc) is 2.99. The van der Waals surface area contributed by atoms with E-state index in [1.165, 1.54) is 11.6 Å². The van der Waals surface area contributed by atoms with E-state index in [9.17, 15) is 8.78 Å². The summed E-state index contributed by atoms with van der Waals surface area (Å²) >= 11 is 7.88. The Bertz CT molecular complexity index is 845. The van der Waals surface area contributed by atoms with Gasteiger partial charge in [-0.1, -0.05) is 41.4 Å². The highest BCUT2D eigenvalue weighted by molar-refractivity contribution is 7.15. The highest BCUT2D eigenvalue weighted by Crippen LogP contribution is 2.32.